The van der Waals surface area contributed by atoms with Gasteiger partial charge in [0.05, 0.1) is 18.0 Å². The quantitative estimate of drug-likeness (QED) is 0.803. The molecular formula is C19H26N2O5S. The number of likely N-dealkylation sites (tertiary alicyclic amines) is 1. The van der Waals surface area contributed by atoms with E-state index in [-0.39, 0.29) is 17.6 Å². The van der Waals surface area contributed by atoms with Crippen molar-refractivity contribution in [3.8, 4) is 11.5 Å². The Bertz CT molecular complexity index is 845. The number of hydrogen-bond donors (Lipinski definition) is 1. The fraction of sp³-hybridized carbons (Fsp3) is 0.684. The number of benzene rings is 1. The zero-order valence-corrected chi connectivity index (χ0v) is 16.3. The summed E-state index contributed by atoms with van der Waals surface area (Å²) >= 11 is 0. The average Bonchev–Trinajstić information content (AvgIpc) is 3.27. The van der Waals surface area contributed by atoms with Gasteiger partial charge in [-0.3, -0.25) is 4.90 Å². The Morgan fingerprint density at radius 1 is 1.26 bits per heavy atom. The van der Waals surface area contributed by atoms with Gasteiger partial charge in [-0.15, -0.1) is 0 Å². The van der Waals surface area contributed by atoms with Crippen LogP contribution in [0.25, 0.3) is 0 Å². The van der Waals surface area contributed by atoms with Crippen molar-refractivity contribution in [1.82, 2.24) is 9.62 Å². The molecule has 4 aliphatic rings. The predicted molar refractivity (Wildman–Crippen MR) is 99.4 cm³/mol. The van der Waals surface area contributed by atoms with Gasteiger partial charge in [0, 0.05) is 38.0 Å². The van der Waals surface area contributed by atoms with Gasteiger partial charge in [-0.25, -0.2) is 13.1 Å². The third-order valence-electron chi connectivity index (χ3n) is 6.45. The smallest absolute Gasteiger partial charge is 0.208 e. The summed E-state index contributed by atoms with van der Waals surface area (Å²) in [6.45, 7) is 4.38. The maximum Gasteiger partial charge on any atom is 0.208 e. The van der Waals surface area contributed by atoms with E-state index in [9.17, 15) is 8.42 Å². The largest absolute Gasteiger partial charge is 0.486 e. The number of nitrogens with one attached hydrogen (secondary N) is 1. The van der Waals surface area contributed by atoms with Crippen LogP contribution in [-0.4, -0.2) is 64.1 Å². The van der Waals surface area contributed by atoms with Gasteiger partial charge in [-0.2, -0.15) is 0 Å². The van der Waals surface area contributed by atoms with Crippen LogP contribution in [0, 0.1) is 11.8 Å². The van der Waals surface area contributed by atoms with Gasteiger partial charge >= 0.3 is 0 Å². The second kappa shape index (κ2) is 6.34. The molecule has 27 heavy (non-hydrogen) atoms. The lowest BCUT2D eigenvalue weighted by atomic mass is 9.74. The van der Waals surface area contributed by atoms with Crippen LogP contribution >= 0.6 is 0 Å². The van der Waals surface area contributed by atoms with Gasteiger partial charge in [-0.05, 0) is 30.5 Å². The maximum absolute atomic E-state index is 11.5. The molecule has 4 aliphatic heterocycles. The van der Waals surface area contributed by atoms with Crippen LogP contribution in [0.1, 0.15) is 18.4 Å². The van der Waals surface area contributed by atoms with Crippen LogP contribution in [-0.2, 0) is 21.3 Å². The lowest BCUT2D eigenvalue weighted by Crippen LogP contribution is -2.41. The van der Waals surface area contributed by atoms with E-state index in [1.54, 1.807) is 0 Å². The van der Waals surface area contributed by atoms with Crippen molar-refractivity contribution in [3.63, 3.8) is 0 Å². The van der Waals surface area contributed by atoms with Crippen molar-refractivity contribution in [2.24, 2.45) is 11.8 Å². The lowest BCUT2D eigenvalue weighted by molar-refractivity contribution is 0.00219. The Kier molecular flexibility index (Phi) is 4.16. The van der Waals surface area contributed by atoms with Crippen LogP contribution in [0.2, 0.25) is 0 Å². The summed E-state index contributed by atoms with van der Waals surface area (Å²) < 4.78 is 43.4. The van der Waals surface area contributed by atoms with E-state index in [1.165, 1.54) is 11.8 Å². The first-order chi connectivity index (χ1) is 12.9. The molecule has 1 aromatic rings. The first-order valence-corrected chi connectivity index (χ1v) is 11.5. The molecule has 1 spiro atoms. The average molecular weight is 394 g/mol. The van der Waals surface area contributed by atoms with Gasteiger partial charge < -0.3 is 14.2 Å². The molecule has 148 valence electrons. The molecule has 0 aliphatic carbocycles. The molecule has 0 unspecified atom stereocenters. The number of rotatable bonds is 5. The van der Waals surface area contributed by atoms with Crippen molar-refractivity contribution in [1.29, 1.82) is 0 Å². The Hall–Kier alpha value is -1.35. The summed E-state index contributed by atoms with van der Waals surface area (Å²) in [5, 5.41) is 0. The van der Waals surface area contributed by atoms with Crippen LogP contribution in [0.3, 0.4) is 0 Å². The first-order valence-electron chi connectivity index (χ1n) is 9.65. The molecule has 0 amide bonds. The first kappa shape index (κ1) is 17.7. The number of hydrogen-bond acceptors (Lipinski definition) is 6. The minimum Gasteiger partial charge on any atom is -0.486 e. The van der Waals surface area contributed by atoms with E-state index in [0.717, 1.165) is 44.0 Å². The van der Waals surface area contributed by atoms with Gasteiger partial charge in [0.2, 0.25) is 10.0 Å². The molecule has 4 atom stereocenters. The fourth-order valence-corrected chi connectivity index (χ4v) is 5.87. The van der Waals surface area contributed by atoms with E-state index in [4.69, 9.17) is 14.2 Å². The third kappa shape index (κ3) is 3.22. The second-order valence-electron chi connectivity index (χ2n) is 8.30. The standard InChI is InChI=1S/C19H26N2O5S/c1-27(22,23)20-9-14-15-11-21(12-19(15)5-4-16(14)26-19)10-13-2-3-17-18(8-13)25-7-6-24-17/h2-3,8,14-16,20H,4-7,9-12H2,1H3/t14-,15+,16+,19+/m0/s1. The number of fused-ring (bicyclic) bond motifs is 2. The van der Waals surface area contributed by atoms with E-state index in [0.29, 0.717) is 25.7 Å². The molecule has 5 rings (SSSR count). The SMILES string of the molecule is CS(=O)(=O)NC[C@H]1[C@H]2CN(Cc3ccc4c(c3)OCCO4)C[C@]23CC[C@H]1O3. The highest BCUT2D eigenvalue weighted by molar-refractivity contribution is 7.88. The number of nitrogens with zero attached hydrogens (tertiary/aromatic N) is 1. The molecule has 0 saturated carbocycles. The molecule has 0 radical (unpaired) electrons. The Labute approximate surface area is 160 Å². The van der Waals surface area contributed by atoms with E-state index in [1.807, 2.05) is 6.07 Å². The van der Waals surface area contributed by atoms with Crippen LogP contribution in [0.5, 0.6) is 11.5 Å². The zero-order chi connectivity index (χ0) is 18.6. The normalized spacial score (nSPS) is 34.8. The van der Waals surface area contributed by atoms with Crippen molar-refractivity contribution in [2.75, 3.05) is 39.1 Å². The number of sulfonamides is 1. The molecule has 0 aromatic heterocycles. The third-order valence-corrected chi connectivity index (χ3v) is 7.14. The molecule has 7 nitrogen and oxygen atoms in total. The van der Waals surface area contributed by atoms with Gasteiger partial charge in [-0.1, -0.05) is 6.07 Å². The van der Waals surface area contributed by atoms with Gasteiger partial charge in [0.25, 0.3) is 0 Å². The monoisotopic (exact) mass is 394 g/mol. The summed E-state index contributed by atoms with van der Waals surface area (Å²) in [6.07, 6.45) is 3.53. The topological polar surface area (TPSA) is 77.1 Å². The molecular weight excluding hydrogens is 368 g/mol. The second-order valence-corrected chi connectivity index (χ2v) is 10.1. The highest BCUT2D eigenvalue weighted by atomic mass is 32.2. The maximum atomic E-state index is 11.5. The van der Waals surface area contributed by atoms with E-state index >= 15 is 0 Å². The van der Waals surface area contributed by atoms with Crippen LogP contribution < -0.4 is 14.2 Å². The van der Waals surface area contributed by atoms with Crippen LogP contribution in [0.15, 0.2) is 18.2 Å². The van der Waals surface area contributed by atoms with Crippen molar-refractivity contribution in [2.45, 2.75) is 31.1 Å². The fourth-order valence-electron chi connectivity index (χ4n) is 5.37. The van der Waals surface area contributed by atoms with Crippen molar-refractivity contribution in [3.05, 3.63) is 23.8 Å². The van der Waals surface area contributed by atoms with Crippen molar-refractivity contribution >= 4 is 10.0 Å². The summed E-state index contributed by atoms with van der Waals surface area (Å²) in [4.78, 5) is 2.44. The van der Waals surface area contributed by atoms with Gasteiger partial charge in [0.1, 0.15) is 13.2 Å². The molecule has 4 heterocycles. The predicted octanol–water partition coefficient (Wildman–Crippen LogP) is 0.986. The molecule has 3 fully saturated rings. The summed E-state index contributed by atoms with van der Waals surface area (Å²) in [5.41, 5.74) is 1.11. The molecule has 1 N–H and O–H groups in total. The summed E-state index contributed by atoms with van der Waals surface area (Å²) in [5.74, 6) is 2.29. The van der Waals surface area contributed by atoms with E-state index in [2.05, 4.69) is 21.8 Å². The summed E-state index contributed by atoms with van der Waals surface area (Å²) in [6, 6.07) is 6.15. The highest BCUT2D eigenvalue weighted by Crippen LogP contribution is 2.54. The molecule has 2 bridgehead atoms. The highest BCUT2D eigenvalue weighted by Gasteiger charge is 2.62. The molecule has 1 aromatic carbocycles. The minimum absolute atomic E-state index is 0.0949. The van der Waals surface area contributed by atoms with Crippen LogP contribution in [0.4, 0.5) is 0 Å². The number of ether oxygens (including phenoxy) is 3. The summed E-state index contributed by atoms with van der Waals surface area (Å²) in [7, 11) is -3.18. The van der Waals surface area contributed by atoms with E-state index < -0.39 is 10.0 Å². The molecule has 8 heteroatoms. The lowest BCUT2D eigenvalue weighted by Gasteiger charge is -2.29. The minimum atomic E-state index is -3.18. The Morgan fingerprint density at radius 2 is 2.07 bits per heavy atom. The Balaban J connectivity index is 1.29. The zero-order valence-electron chi connectivity index (χ0n) is 15.5. The Morgan fingerprint density at radius 3 is 2.89 bits per heavy atom. The molecule has 3 saturated heterocycles. The van der Waals surface area contributed by atoms with Crippen molar-refractivity contribution < 1.29 is 22.6 Å². The van der Waals surface area contributed by atoms with Gasteiger partial charge in [0.15, 0.2) is 11.5 Å².